The van der Waals surface area contributed by atoms with Gasteiger partial charge >= 0.3 is 3.12 Å². The highest BCUT2D eigenvalue weighted by atomic mass is 35.6. The van der Waals surface area contributed by atoms with Crippen molar-refractivity contribution in [2.24, 2.45) is 5.73 Å². The predicted octanol–water partition coefficient (Wildman–Crippen LogP) is 3.75. The Balaban J connectivity index is 2.13. The zero-order valence-electron chi connectivity index (χ0n) is 19.0. The maximum Gasteiger partial charge on any atom is 0.308 e. The summed E-state index contributed by atoms with van der Waals surface area (Å²) in [5.74, 6) is 0. The molecule has 8 nitrogen and oxygen atoms in total. The maximum atomic E-state index is 13.6. The fourth-order valence-electron chi connectivity index (χ4n) is 4.27. The van der Waals surface area contributed by atoms with E-state index in [-0.39, 0.29) is 0 Å². The van der Waals surface area contributed by atoms with E-state index in [4.69, 9.17) is 40.5 Å². The first-order valence-electron chi connectivity index (χ1n) is 11.0. The predicted molar refractivity (Wildman–Crippen MR) is 141 cm³/mol. The van der Waals surface area contributed by atoms with Crippen LogP contribution in [0.5, 0.6) is 0 Å². The van der Waals surface area contributed by atoms with Crippen molar-refractivity contribution in [2.75, 3.05) is 6.26 Å². The molecule has 4 atom stereocenters. The average Bonchev–Trinajstić information content (AvgIpc) is 2.79. The van der Waals surface area contributed by atoms with E-state index in [9.17, 15) is 16.8 Å². The number of hydrazine groups is 1. The molecule has 1 fully saturated rings. The van der Waals surface area contributed by atoms with Crippen molar-refractivity contribution in [3.63, 3.8) is 0 Å². The molecule has 0 amide bonds. The van der Waals surface area contributed by atoms with Gasteiger partial charge in [0.2, 0.25) is 10.0 Å². The van der Waals surface area contributed by atoms with Crippen LogP contribution in [0.4, 0.5) is 0 Å². The summed E-state index contributed by atoms with van der Waals surface area (Å²) in [4.78, 5) is 0. The Bertz CT molecular complexity index is 1180. The Hall–Kier alpha value is -0.950. The summed E-state index contributed by atoms with van der Waals surface area (Å²) in [6.07, 6.45) is 3.64. The van der Waals surface area contributed by atoms with Gasteiger partial charge in [-0.3, -0.25) is 0 Å². The molecule has 2 aromatic rings. The Morgan fingerprint density at radius 2 is 1.37 bits per heavy atom. The van der Waals surface area contributed by atoms with Gasteiger partial charge in [-0.15, -0.1) is 4.41 Å². The molecular formula is C22H29Cl3N4O4S2. The summed E-state index contributed by atoms with van der Waals surface area (Å²) < 4.78 is 52.0. The third-order valence-electron chi connectivity index (χ3n) is 5.89. The van der Waals surface area contributed by atoms with E-state index in [1.54, 1.807) is 54.6 Å². The molecule has 3 rings (SSSR count). The van der Waals surface area contributed by atoms with E-state index in [1.807, 2.05) is 6.07 Å². The highest BCUT2D eigenvalue weighted by Crippen LogP contribution is 2.42. The van der Waals surface area contributed by atoms with Gasteiger partial charge in [0.15, 0.2) is 0 Å². The third-order valence-corrected chi connectivity index (χ3v) is 9.82. The Morgan fingerprint density at radius 1 is 0.886 bits per heavy atom. The van der Waals surface area contributed by atoms with Gasteiger partial charge in [0.25, 0.3) is 10.0 Å². The largest absolute Gasteiger partial charge is 0.322 e. The number of nitrogens with zero attached hydrogens (tertiary/aromatic N) is 1. The van der Waals surface area contributed by atoms with Gasteiger partial charge in [-0.2, -0.15) is 0 Å². The van der Waals surface area contributed by atoms with Gasteiger partial charge < -0.3 is 5.73 Å². The van der Waals surface area contributed by atoms with Crippen LogP contribution in [0.1, 0.15) is 48.9 Å². The molecule has 13 heteroatoms. The lowest BCUT2D eigenvalue weighted by atomic mass is 9.91. The van der Waals surface area contributed by atoms with Crippen molar-refractivity contribution in [1.82, 2.24) is 14.6 Å². The van der Waals surface area contributed by atoms with Crippen molar-refractivity contribution in [3.05, 3.63) is 71.8 Å². The highest BCUT2D eigenvalue weighted by Gasteiger charge is 2.49. The van der Waals surface area contributed by atoms with Crippen molar-refractivity contribution >= 4 is 54.8 Å². The molecule has 35 heavy (non-hydrogen) atoms. The van der Waals surface area contributed by atoms with E-state index in [0.29, 0.717) is 24.0 Å². The van der Waals surface area contributed by atoms with Gasteiger partial charge in [-0.25, -0.2) is 27.0 Å². The van der Waals surface area contributed by atoms with Crippen LogP contribution in [0.3, 0.4) is 0 Å². The minimum atomic E-state index is -4.64. The molecule has 4 unspecified atom stereocenters. The van der Waals surface area contributed by atoms with E-state index in [2.05, 4.69) is 10.1 Å². The van der Waals surface area contributed by atoms with Crippen LogP contribution in [-0.2, 0) is 20.0 Å². The lowest BCUT2D eigenvalue weighted by Crippen LogP contribution is -2.60. The smallest absolute Gasteiger partial charge is 0.308 e. The molecule has 194 valence electrons. The maximum absolute atomic E-state index is 13.6. The van der Waals surface area contributed by atoms with Crippen LogP contribution in [0.2, 0.25) is 0 Å². The van der Waals surface area contributed by atoms with Crippen molar-refractivity contribution < 1.29 is 16.8 Å². The Morgan fingerprint density at radius 3 is 1.86 bits per heavy atom. The van der Waals surface area contributed by atoms with E-state index in [0.717, 1.165) is 23.5 Å². The second-order valence-corrected chi connectivity index (χ2v) is 15.2. The SMILES string of the molecule is CS(=O)(=O)NC1CCCCC1NN(C(c1ccccc1)C(N)c1ccccc1)S(=O)(=O)C(Cl)(Cl)Cl. The molecule has 1 saturated carbocycles. The minimum Gasteiger partial charge on any atom is -0.322 e. The Kier molecular flexibility index (Phi) is 9.50. The summed E-state index contributed by atoms with van der Waals surface area (Å²) in [7, 11) is -8.19. The third kappa shape index (κ3) is 7.30. The zero-order valence-corrected chi connectivity index (χ0v) is 22.9. The van der Waals surface area contributed by atoms with Gasteiger partial charge in [-0.1, -0.05) is 108 Å². The molecule has 1 aliphatic rings. The molecule has 0 saturated heterocycles. The number of benzene rings is 2. The van der Waals surface area contributed by atoms with Crippen LogP contribution in [-0.4, -0.2) is 42.7 Å². The lowest BCUT2D eigenvalue weighted by Gasteiger charge is -2.41. The van der Waals surface area contributed by atoms with Gasteiger partial charge in [0.1, 0.15) is 0 Å². The summed E-state index contributed by atoms with van der Waals surface area (Å²) in [5.41, 5.74) is 10.9. The second kappa shape index (κ2) is 11.6. The lowest BCUT2D eigenvalue weighted by molar-refractivity contribution is 0.151. The number of hydrogen-bond acceptors (Lipinski definition) is 6. The number of halogens is 3. The molecular weight excluding hydrogens is 555 g/mol. The topological polar surface area (TPSA) is 122 Å². The minimum absolute atomic E-state index is 0.501. The first-order valence-corrected chi connectivity index (χ1v) is 15.5. The number of alkyl halides is 3. The average molecular weight is 584 g/mol. The van der Waals surface area contributed by atoms with Crippen LogP contribution in [0.15, 0.2) is 60.7 Å². The molecule has 0 radical (unpaired) electrons. The fourth-order valence-corrected chi connectivity index (χ4v) is 6.82. The first kappa shape index (κ1) is 28.6. The monoisotopic (exact) mass is 582 g/mol. The molecule has 0 aromatic heterocycles. The molecule has 0 bridgehead atoms. The van der Waals surface area contributed by atoms with Crippen LogP contribution in [0.25, 0.3) is 0 Å². The Labute approximate surface area is 222 Å². The second-order valence-electron chi connectivity index (χ2n) is 8.56. The number of hydrogen-bond donors (Lipinski definition) is 3. The van der Waals surface area contributed by atoms with Crippen LogP contribution in [0, 0.1) is 0 Å². The number of sulfonamides is 2. The highest BCUT2D eigenvalue weighted by molar-refractivity contribution is 7.95. The van der Waals surface area contributed by atoms with Gasteiger partial charge in [-0.05, 0) is 24.0 Å². The van der Waals surface area contributed by atoms with Gasteiger partial charge in [0.05, 0.1) is 18.3 Å². The fraction of sp³-hybridized carbons (Fsp3) is 0.455. The van der Waals surface area contributed by atoms with Crippen molar-refractivity contribution in [3.8, 4) is 0 Å². The van der Waals surface area contributed by atoms with Crippen LogP contribution < -0.4 is 15.9 Å². The normalized spacial score (nSPS) is 21.5. The van der Waals surface area contributed by atoms with E-state index >= 15 is 0 Å². The zero-order chi connectivity index (χ0) is 25.9. The quantitative estimate of drug-likeness (QED) is 0.305. The number of rotatable bonds is 9. The molecule has 2 aromatic carbocycles. The van der Waals surface area contributed by atoms with Crippen molar-refractivity contribution in [2.45, 2.75) is 53.0 Å². The standard InChI is InChI=1S/C22H29Cl3N4O4S2/c1-34(30,31)28-19-15-9-8-14-18(19)27-29(35(32,33)22(23,24)25)21(17-12-6-3-7-13-17)20(26)16-10-4-2-5-11-16/h2-7,10-13,18-21,27-28H,8-9,14-15,26H2,1H3. The molecule has 4 N–H and O–H groups in total. The number of nitrogens with one attached hydrogen (secondary N) is 2. The molecule has 0 aliphatic heterocycles. The molecule has 0 spiro atoms. The summed E-state index contributed by atoms with van der Waals surface area (Å²) in [6, 6.07) is 14.8. The van der Waals surface area contributed by atoms with Gasteiger partial charge in [0, 0.05) is 12.1 Å². The number of nitrogens with two attached hydrogens (primary N) is 1. The van der Waals surface area contributed by atoms with Crippen LogP contribution >= 0.6 is 34.8 Å². The molecule has 0 heterocycles. The van der Waals surface area contributed by atoms with Crippen molar-refractivity contribution in [1.29, 1.82) is 0 Å². The first-order chi connectivity index (χ1) is 16.3. The van der Waals surface area contributed by atoms with E-state index in [1.165, 1.54) is 0 Å². The molecule has 1 aliphatic carbocycles. The van der Waals surface area contributed by atoms with E-state index < -0.39 is 47.3 Å². The summed E-state index contributed by atoms with van der Waals surface area (Å²) in [6.45, 7) is 0. The summed E-state index contributed by atoms with van der Waals surface area (Å²) >= 11 is 17.9. The summed E-state index contributed by atoms with van der Waals surface area (Å²) in [5, 5.41) is 0.